The lowest BCUT2D eigenvalue weighted by atomic mass is 10.1. The quantitative estimate of drug-likeness (QED) is 0.466. The van der Waals surface area contributed by atoms with Gasteiger partial charge in [0.25, 0.3) is 0 Å². The molecule has 0 amide bonds. The first kappa shape index (κ1) is 18.0. The Morgan fingerprint density at radius 3 is 2.54 bits per heavy atom. The molecule has 0 fully saturated rings. The minimum Gasteiger partial charge on any atom is -0.361 e. The third-order valence-electron chi connectivity index (χ3n) is 4.25. The highest BCUT2D eigenvalue weighted by molar-refractivity contribution is 5.79. The molecule has 24 heavy (non-hydrogen) atoms. The van der Waals surface area contributed by atoms with Crippen molar-refractivity contribution >= 4 is 5.96 Å². The van der Waals surface area contributed by atoms with Gasteiger partial charge in [-0.25, -0.2) is 0 Å². The molecule has 0 unspecified atom stereocenters. The van der Waals surface area contributed by atoms with Crippen molar-refractivity contribution in [3.8, 4) is 0 Å². The number of nitrogens with zero attached hydrogens (tertiary/aromatic N) is 2. The van der Waals surface area contributed by atoms with Crippen LogP contribution in [0.3, 0.4) is 0 Å². The van der Waals surface area contributed by atoms with Crippen molar-refractivity contribution in [3.05, 3.63) is 52.4 Å². The summed E-state index contributed by atoms with van der Waals surface area (Å²) in [5, 5.41) is 10.7. The van der Waals surface area contributed by atoms with Crippen molar-refractivity contribution in [1.82, 2.24) is 15.8 Å². The van der Waals surface area contributed by atoms with Gasteiger partial charge < -0.3 is 15.2 Å². The molecule has 1 aromatic heterocycles. The van der Waals surface area contributed by atoms with Crippen molar-refractivity contribution in [1.29, 1.82) is 0 Å². The van der Waals surface area contributed by atoms with E-state index < -0.39 is 0 Å². The van der Waals surface area contributed by atoms with Crippen LogP contribution in [0.4, 0.5) is 0 Å². The standard InChI is InChI=1S/C19H28N4O/c1-5-16-9-6-7-10-17(16)13-22-19(20-4)21-12-8-11-18-14(2)23-24-15(18)3/h6-7,9-10H,5,8,11-13H2,1-4H3,(H2,20,21,22). The second kappa shape index (κ2) is 9.11. The molecule has 0 atom stereocenters. The topological polar surface area (TPSA) is 62.5 Å². The van der Waals surface area contributed by atoms with Gasteiger partial charge in [0.2, 0.25) is 0 Å². The second-order valence-corrected chi connectivity index (χ2v) is 5.88. The van der Waals surface area contributed by atoms with E-state index in [-0.39, 0.29) is 0 Å². The van der Waals surface area contributed by atoms with E-state index in [0.29, 0.717) is 0 Å². The van der Waals surface area contributed by atoms with Crippen LogP contribution in [0.15, 0.2) is 33.8 Å². The lowest BCUT2D eigenvalue weighted by molar-refractivity contribution is 0.392. The highest BCUT2D eigenvalue weighted by Gasteiger charge is 2.08. The van der Waals surface area contributed by atoms with E-state index >= 15 is 0 Å². The lowest BCUT2D eigenvalue weighted by Crippen LogP contribution is -2.37. The van der Waals surface area contributed by atoms with Gasteiger partial charge in [0.15, 0.2) is 5.96 Å². The van der Waals surface area contributed by atoms with Gasteiger partial charge in [-0.05, 0) is 44.2 Å². The molecule has 1 aromatic carbocycles. The molecule has 0 bridgehead atoms. The molecular formula is C19H28N4O. The Morgan fingerprint density at radius 2 is 1.92 bits per heavy atom. The van der Waals surface area contributed by atoms with Crippen molar-refractivity contribution in [2.75, 3.05) is 13.6 Å². The van der Waals surface area contributed by atoms with Crippen LogP contribution in [0.5, 0.6) is 0 Å². The molecular weight excluding hydrogens is 300 g/mol. The van der Waals surface area contributed by atoms with Gasteiger partial charge in [0, 0.05) is 25.7 Å². The fraction of sp³-hybridized carbons (Fsp3) is 0.474. The van der Waals surface area contributed by atoms with Crippen LogP contribution in [0.1, 0.15) is 41.5 Å². The molecule has 0 aliphatic rings. The van der Waals surface area contributed by atoms with Gasteiger partial charge in [-0.1, -0.05) is 36.3 Å². The summed E-state index contributed by atoms with van der Waals surface area (Å²) in [6, 6.07) is 8.51. The van der Waals surface area contributed by atoms with Crippen molar-refractivity contribution in [2.45, 2.75) is 46.6 Å². The molecule has 1 heterocycles. The maximum absolute atomic E-state index is 5.20. The van der Waals surface area contributed by atoms with Crippen molar-refractivity contribution < 1.29 is 4.52 Å². The average Bonchev–Trinajstić information content (AvgIpc) is 2.93. The Morgan fingerprint density at radius 1 is 1.17 bits per heavy atom. The zero-order chi connectivity index (χ0) is 17.4. The number of nitrogens with one attached hydrogen (secondary N) is 2. The highest BCUT2D eigenvalue weighted by atomic mass is 16.5. The molecule has 2 N–H and O–H groups in total. The molecule has 0 spiro atoms. The Bertz CT molecular complexity index is 656. The van der Waals surface area contributed by atoms with E-state index in [1.54, 1.807) is 7.05 Å². The van der Waals surface area contributed by atoms with Crippen LogP contribution in [0.2, 0.25) is 0 Å². The molecule has 0 saturated carbocycles. The fourth-order valence-electron chi connectivity index (χ4n) is 2.81. The van der Waals surface area contributed by atoms with E-state index in [4.69, 9.17) is 4.52 Å². The summed E-state index contributed by atoms with van der Waals surface area (Å²) in [7, 11) is 1.80. The maximum atomic E-state index is 5.20. The molecule has 0 aliphatic heterocycles. The minimum atomic E-state index is 0.785. The van der Waals surface area contributed by atoms with Gasteiger partial charge in [-0.2, -0.15) is 0 Å². The van der Waals surface area contributed by atoms with Gasteiger partial charge in [0.05, 0.1) is 5.69 Å². The number of aliphatic imine (C=N–C) groups is 1. The first-order valence-corrected chi connectivity index (χ1v) is 8.58. The fourth-order valence-corrected chi connectivity index (χ4v) is 2.81. The molecule has 5 heteroatoms. The van der Waals surface area contributed by atoms with Crippen LogP contribution >= 0.6 is 0 Å². The molecule has 0 radical (unpaired) electrons. The summed E-state index contributed by atoms with van der Waals surface area (Å²) in [6.07, 6.45) is 3.01. The molecule has 0 aliphatic carbocycles. The van der Waals surface area contributed by atoms with Crippen LogP contribution in [-0.4, -0.2) is 24.7 Å². The minimum absolute atomic E-state index is 0.785. The first-order valence-electron chi connectivity index (χ1n) is 8.58. The molecule has 2 rings (SSSR count). The smallest absolute Gasteiger partial charge is 0.191 e. The number of aromatic nitrogens is 1. The Labute approximate surface area is 144 Å². The molecule has 2 aromatic rings. The maximum Gasteiger partial charge on any atom is 0.191 e. The van der Waals surface area contributed by atoms with E-state index in [1.807, 2.05) is 13.8 Å². The summed E-state index contributed by atoms with van der Waals surface area (Å²) in [5.74, 6) is 1.76. The summed E-state index contributed by atoms with van der Waals surface area (Å²) in [4.78, 5) is 4.29. The Balaban J connectivity index is 1.77. The predicted molar refractivity (Wildman–Crippen MR) is 98.3 cm³/mol. The lowest BCUT2D eigenvalue weighted by Gasteiger charge is -2.13. The van der Waals surface area contributed by atoms with E-state index in [0.717, 1.165) is 49.8 Å². The average molecular weight is 328 g/mol. The van der Waals surface area contributed by atoms with Crippen LogP contribution < -0.4 is 10.6 Å². The van der Waals surface area contributed by atoms with Gasteiger partial charge in [0.1, 0.15) is 5.76 Å². The number of guanidine groups is 1. The van der Waals surface area contributed by atoms with Gasteiger partial charge in [-0.15, -0.1) is 0 Å². The Hall–Kier alpha value is -2.30. The predicted octanol–water partition coefficient (Wildman–Crippen LogP) is 3.15. The third kappa shape index (κ3) is 4.85. The number of hydrogen-bond acceptors (Lipinski definition) is 3. The first-order chi connectivity index (χ1) is 11.7. The molecule has 5 nitrogen and oxygen atoms in total. The summed E-state index contributed by atoms with van der Waals surface area (Å²) in [6.45, 7) is 7.78. The Kier molecular flexibility index (Phi) is 6.85. The normalized spacial score (nSPS) is 11.6. The van der Waals surface area contributed by atoms with Crippen LogP contribution in [0, 0.1) is 13.8 Å². The molecule has 130 valence electrons. The van der Waals surface area contributed by atoms with E-state index in [1.165, 1.54) is 16.7 Å². The SMILES string of the molecule is CCc1ccccc1CNC(=NC)NCCCc1c(C)noc1C. The summed E-state index contributed by atoms with van der Waals surface area (Å²) in [5.41, 5.74) is 4.90. The number of hydrogen-bond donors (Lipinski definition) is 2. The zero-order valence-corrected chi connectivity index (χ0v) is 15.1. The third-order valence-corrected chi connectivity index (χ3v) is 4.25. The largest absolute Gasteiger partial charge is 0.361 e. The summed E-state index contributed by atoms with van der Waals surface area (Å²) < 4.78 is 5.20. The second-order valence-electron chi connectivity index (χ2n) is 5.88. The summed E-state index contributed by atoms with van der Waals surface area (Å²) >= 11 is 0. The van der Waals surface area contributed by atoms with E-state index in [2.05, 4.69) is 52.0 Å². The number of benzene rings is 1. The number of aryl methyl sites for hydroxylation is 3. The van der Waals surface area contributed by atoms with Crippen LogP contribution in [-0.2, 0) is 19.4 Å². The van der Waals surface area contributed by atoms with Gasteiger partial charge in [-0.3, -0.25) is 4.99 Å². The monoisotopic (exact) mass is 328 g/mol. The zero-order valence-electron chi connectivity index (χ0n) is 15.1. The number of rotatable bonds is 7. The van der Waals surface area contributed by atoms with Crippen molar-refractivity contribution in [2.24, 2.45) is 4.99 Å². The van der Waals surface area contributed by atoms with Gasteiger partial charge >= 0.3 is 0 Å². The molecule has 0 saturated heterocycles. The van der Waals surface area contributed by atoms with Crippen molar-refractivity contribution in [3.63, 3.8) is 0 Å². The van der Waals surface area contributed by atoms with E-state index in [9.17, 15) is 0 Å². The van der Waals surface area contributed by atoms with Crippen LogP contribution in [0.25, 0.3) is 0 Å². The highest BCUT2D eigenvalue weighted by Crippen LogP contribution is 2.13.